The van der Waals surface area contributed by atoms with Crippen LogP contribution in [-0.4, -0.2) is 6.29 Å². The van der Waals surface area contributed by atoms with Gasteiger partial charge in [-0.3, -0.25) is 4.79 Å². The van der Waals surface area contributed by atoms with Crippen LogP contribution in [0.15, 0.2) is 12.1 Å². The molecule has 1 aliphatic carbocycles. The van der Waals surface area contributed by atoms with Gasteiger partial charge in [-0.25, -0.2) is 0 Å². The zero-order valence-electron chi connectivity index (χ0n) is 7.71. The lowest BCUT2D eigenvalue weighted by molar-refractivity contribution is 0.112. The number of aldehydes is 1. The van der Waals surface area contributed by atoms with Gasteiger partial charge in [-0.2, -0.15) is 0 Å². The van der Waals surface area contributed by atoms with Gasteiger partial charge in [0, 0.05) is 11.6 Å². The van der Waals surface area contributed by atoms with Crippen LogP contribution in [0, 0.1) is 6.92 Å². The molecule has 0 radical (unpaired) electrons. The highest BCUT2D eigenvalue weighted by Crippen LogP contribution is 2.32. The Balaban J connectivity index is 2.60. The van der Waals surface area contributed by atoms with Crippen LogP contribution in [0.2, 0.25) is 0 Å². The molecule has 0 aromatic heterocycles. The molecule has 0 spiro atoms. The van der Waals surface area contributed by atoms with Gasteiger partial charge >= 0.3 is 0 Å². The molecular weight excluding hydrogens is 162 g/mol. The Bertz CT molecular complexity index is 357. The number of carbonyl (C=O) groups is 1. The van der Waals surface area contributed by atoms with Gasteiger partial charge in [-0.1, -0.05) is 12.1 Å². The van der Waals surface area contributed by atoms with Crippen LogP contribution in [0.1, 0.15) is 39.5 Å². The number of rotatable bonds is 1. The van der Waals surface area contributed by atoms with Crippen molar-refractivity contribution in [1.82, 2.24) is 0 Å². The summed E-state index contributed by atoms with van der Waals surface area (Å²) in [6, 6.07) is 4.03. The van der Waals surface area contributed by atoms with Crippen LogP contribution in [0.5, 0.6) is 0 Å². The first-order valence-electron chi connectivity index (χ1n) is 4.57. The first-order valence-corrected chi connectivity index (χ1v) is 4.57. The molecule has 2 rings (SSSR count). The summed E-state index contributed by atoms with van der Waals surface area (Å²) in [4.78, 5) is 10.7. The quantitative estimate of drug-likeness (QED) is 0.661. The molecule has 0 bridgehead atoms. The smallest absolute Gasteiger partial charge is 0.150 e. The molecule has 0 amide bonds. The molecule has 2 heteroatoms. The minimum Gasteiger partial charge on any atom is -0.324 e. The summed E-state index contributed by atoms with van der Waals surface area (Å²) in [5, 5.41) is 0. The van der Waals surface area contributed by atoms with E-state index in [-0.39, 0.29) is 6.04 Å². The Labute approximate surface area is 77.8 Å². The van der Waals surface area contributed by atoms with Crippen molar-refractivity contribution >= 4 is 6.29 Å². The molecule has 0 saturated heterocycles. The molecule has 2 N–H and O–H groups in total. The van der Waals surface area contributed by atoms with Crippen LogP contribution < -0.4 is 5.73 Å². The normalized spacial score (nSPS) is 20.0. The van der Waals surface area contributed by atoms with Crippen molar-refractivity contribution in [3.8, 4) is 0 Å². The number of hydrogen-bond acceptors (Lipinski definition) is 2. The minimum absolute atomic E-state index is 0.175. The maximum absolute atomic E-state index is 10.7. The van der Waals surface area contributed by atoms with Crippen LogP contribution in [0.3, 0.4) is 0 Å². The molecule has 13 heavy (non-hydrogen) atoms. The zero-order valence-corrected chi connectivity index (χ0v) is 7.71. The second-order valence-electron chi connectivity index (χ2n) is 3.61. The predicted molar refractivity (Wildman–Crippen MR) is 51.8 cm³/mol. The van der Waals surface area contributed by atoms with Crippen molar-refractivity contribution in [3.05, 3.63) is 34.4 Å². The average Bonchev–Trinajstić information content (AvgIpc) is 2.50. The molecule has 0 fully saturated rings. The van der Waals surface area contributed by atoms with Crippen molar-refractivity contribution in [3.63, 3.8) is 0 Å². The van der Waals surface area contributed by atoms with E-state index in [0.29, 0.717) is 0 Å². The fourth-order valence-electron chi connectivity index (χ4n) is 2.06. The number of carbonyl (C=O) groups excluding carboxylic acids is 1. The molecule has 1 aliphatic rings. The van der Waals surface area contributed by atoms with Gasteiger partial charge in [0.05, 0.1) is 0 Å². The van der Waals surface area contributed by atoms with Gasteiger partial charge in [0.1, 0.15) is 6.29 Å². The van der Waals surface area contributed by atoms with E-state index in [1.165, 1.54) is 11.1 Å². The van der Waals surface area contributed by atoms with Gasteiger partial charge in [-0.15, -0.1) is 0 Å². The Hall–Kier alpha value is -1.15. The maximum atomic E-state index is 10.7. The van der Waals surface area contributed by atoms with Gasteiger partial charge < -0.3 is 5.73 Å². The molecule has 2 nitrogen and oxygen atoms in total. The zero-order chi connectivity index (χ0) is 9.42. The number of nitrogens with two attached hydrogens (primary N) is 1. The molecule has 1 aromatic rings. The van der Waals surface area contributed by atoms with Crippen LogP contribution in [-0.2, 0) is 6.42 Å². The summed E-state index contributed by atoms with van der Waals surface area (Å²) in [6.07, 6.45) is 2.95. The highest BCUT2D eigenvalue weighted by atomic mass is 16.1. The van der Waals surface area contributed by atoms with E-state index in [1.54, 1.807) is 0 Å². The summed E-state index contributed by atoms with van der Waals surface area (Å²) in [6.45, 7) is 2.00. The first-order chi connectivity index (χ1) is 6.24. The largest absolute Gasteiger partial charge is 0.324 e. The maximum Gasteiger partial charge on any atom is 0.150 e. The number of fused-ring (bicyclic) bond motifs is 1. The Kier molecular flexibility index (Phi) is 1.93. The van der Waals surface area contributed by atoms with E-state index in [9.17, 15) is 4.79 Å². The lowest BCUT2D eigenvalue weighted by Crippen LogP contribution is -2.05. The molecule has 0 aliphatic heterocycles. The van der Waals surface area contributed by atoms with Crippen molar-refractivity contribution in [2.75, 3.05) is 0 Å². The number of benzene rings is 1. The first kappa shape index (κ1) is 8.45. The monoisotopic (exact) mass is 175 g/mol. The van der Waals surface area contributed by atoms with Crippen molar-refractivity contribution in [2.24, 2.45) is 5.73 Å². The van der Waals surface area contributed by atoms with E-state index in [1.807, 2.05) is 19.1 Å². The molecule has 68 valence electrons. The van der Waals surface area contributed by atoms with Crippen LogP contribution in [0.4, 0.5) is 0 Å². The minimum atomic E-state index is 0.175. The standard InChI is InChI=1S/C11H13NO/c1-7-8(6-13)2-3-10-9(7)4-5-11(10)12/h2-3,6,11H,4-5,12H2,1H3. The summed E-state index contributed by atoms with van der Waals surface area (Å²) >= 11 is 0. The highest BCUT2D eigenvalue weighted by molar-refractivity contribution is 5.78. The third-order valence-corrected chi connectivity index (χ3v) is 2.91. The molecule has 1 atom stereocenters. The molecule has 0 saturated carbocycles. The van der Waals surface area contributed by atoms with E-state index >= 15 is 0 Å². The van der Waals surface area contributed by atoms with Crippen LogP contribution in [0.25, 0.3) is 0 Å². The topological polar surface area (TPSA) is 43.1 Å². The fourth-order valence-corrected chi connectivity index (χ4v) is 2.06. The van der Waals surface area contributed by atoms with E-state index in [0.717, 1.165) is 30.3 Å². The third kappa shape index (κ3) is 1.18. The fraction of sp³-hybridized carbons (Fsp3) is 0.364. The summed E-state index contributed by atoms with van der Waals surface area (Å²) in [5.74, 6) is 0. The SMILES string of the molecule is Cc1c(C=O)ccc2c1CCC2N. The van der Waals surface area contributed by atoms with Gasteiger partial charge in [0.15, 0.2) is 0 Å². The predicted octanol–water partition coefficient (Wildman–Crippen LogP) is 1.75. The summed E-state index contributed by atoms with van der Waals surface area (Å²) < 4.78 is 0. The Morgan fingerprint density at radius 2 is 2.31 bits per heavy atom. The van der Waals surface area contributed by atoms with Gasteiger partial charge in [-0.05, 0) is 36.5 Å². The van der Waals surface area contributed by atoms with E-state index in [4.69, 9.17) is 5.73 Å². The second-order valence-corrected chi connectivity index (χ2v) is 3.61. The molecular formula is C11H13NO. The third-order valence-electron chi connectivity index (χ3n) is 2.91. The Morgan fingerprint density at radius 3 is 3.00 bits per heavy atom. The van der Waals surface area contributed by atoms with Gasteiger partial charge in [0.2, 0.25) is 0 Å². The van der Waals surface area contributed by atoms with Gasteiger partial charge in [0.25, 0.3) is 0 Å². The van der Waals surface area contributed by atoms with E-state index < -0.39 is 0 Å². The van der Waals surface area contributed by atoms with Crippen LogP contribution >= 0.6 is 0 Å². The highest BCUT2D eigenvalue weighted by Gasteiger charge is 2.21. The van der Waals surface area contributed by atoms with Crippen molar-refractivity contribution in [2.45, 2.75) is 25.8 Å². The summed E-state index contributed by atoms with van der Waals surface area (Å²) in [7, 11) is 0. The van der Waals surface area contributed by atoms with E-state index in [2.05, 4.69) is 0 Å². The Morgan fingerprint density at radius 1 is 1.54 bits per heavy atom. The number of hydrogen-bond donors (Lipinski definition) is 1. The average molecular weight is 175 g/mol. The second kappa shape index (κ2) is 2.96. The molecule has 0 heterocycles. The molecule has 1 aromatic carbocycles. The van der Waals surface area contributed by atoms with Crippen molar-refractivity contribution in [1.29, 1.82) is 0 Å². The lowest BCUT2D eigenvalue weighted by Gasteiger charge is -2.08. The summed E-state index contributed by atoms with van der Waals surface area (Å²) in [5.41, 5.74) is 10.3. The molecule has 1 unspecified atom stereocenters. The van der Waals surface area contributed by atoms with Crippen molar-refractivity contribution < 1.29 is 4.79 Å². The lowest BCUT2D eigenvalue weighted by atomic mass is 9.99.